The van der Waals surface area contributed by atoms with Crippen LogP contribution >= 0.6 is 7.82 Å². The van der Waals surface area contributed by atoms with Crippen LogP contribution in [0.25, 0.3) is 0 Å². The van der Waals surface area contributed by atoms with Gasteiger partial charge in [0.15, 0.2) is 5.60 Å². The number of esters is 1. The van der Waals surface area contributed by atoms with E-state index in [9.17, 15) is 19.4 Å². The number of hydrogen-bond donors (Lipinski definition) is 2. The predicted molar refractivity (Wildman–Crippen MR) is 140 cm³/mol. The van der Waals surface area contributed by atoms with Gasteiger partial charge in [0, 0.05) is 11.5 Å². The van der Waals surface area contributed by atoms with Gasteiger partial charge in [0.25, 0.3) is 0 Å². The van der Waals surface area contributed by atoms with Gasteiger partial charge in [-0.2, -0.15) is 0 Å². The van der Waals surface area contributed by atoms with Crippen molar-refractivity contribution in [2.24, 2.45) is 11.8 Å². The van der Waals surface area contributed by atoms with Crippen molar-refractivity contribution in [1.29, 1.82) is 0 Å². The lowest BCUT2D eigenvalue weighted by Gasteiger charge is -2.32. The van der Waals surface area contributed by atoms with E-state index in [4.69, 9.17) is 13.8 Å². The molecule has 3 atom stereocenters. The van der Waals surface area contributed by atoms with Crippen molar-refractivity contribution in [3.63, 3.8) is 0 Å². The number of carbonyl (C=O) groups excluding carboxylic acids is 1. The largest absolute Gasteiger partial charge is 0.507 e. The Morgan fingerprint density at radius 1 is 1.31 bits per heavy atom. The highest BCUT2D eigenvalue weighted by molar-refractivity contribution is 7.47. The standard InChI is InChI=1S/C28H41O7P/c1-7-8-21-16-24(29)26(23-15-20(6)9-10-22(23)19(4)5)25(17-21)34-27(30)28(12-13-28)35-36(31,32)33-14-11-18(2)3/h15-18,22-23,29H,4,7-14H2,1-3,5-6H3,(H,31,32)/t22-,23+/m0/s1. The first-order valence-electron chi connectivity index (χ1n) is 13.0. The van der Waals surface area contributed by atoms with Crippen molar-refractivity contribution in [1.82, 2.24) is 0 Å². The number of aromatic hydroxyl groups is 1. The van der Waals surface area contributed by atoms with Gasteiger partial charge in [-0.15, -0.1) is 0 Å². The Kier molecular flexibility index (Phi) is 9.26. The zero-order valence-electron chi connectivity index (χ0n) is 22.2. The van der Waals surface area contributed by atoms with Crippen molar-refractivity contribution in [3.05, 3.63) is 47.1 Å². The van der Waals surface area contributed by atoms with E-state index in [0.29, 0.717) is 24.3 Å². The van der Waals surface area contributed by atoms with Crippen LogP contribution in [0.4, 0.5) is 0 Å². The molecule has 1 unspecified atom stereocenters. The number of allylic oxidation sites excluding steroid dienone is 3. The second kappa shape index (κ2) is 11.6. The minimum absolute atomic E-state index is 0.0588. The molecule has 0 amide bonds. The van der Waals surface area contributed by atoms with Crippen LogP contribution in [0.3, 0.4) is 0 Å². The molecular formula is C28H41O7P. The number of phenols is 1. The van der Waals surface area contributed by atoms with Gasteiger partial charge in [-0.05, 0) is 81.9 Å². The summed E-state index contributed by atoms with van der Waals surface area (Å²) < 4.78 is 28.8. The summed E-state index contributed by atoms with van der Waals surface area (Å²) in [5.74, 6) is -0.231. The van der Waals surface area contributed by atoms with E-state index in [-0.39, 0.29) is 42.8 Å². The van der Waals surface area contributed by atoms with Crippen LogP contribution in [0.15, 0.2) is 35.9 Å². The highest BCUT2D eigenvalue weighted by atomic mass is 31.2. The Hall–Kier alpha value is -1.92. The Balaban J connectivity index is 1.91. The highest BCUT2D eigenvalue weighted by Crippen LogP contribution is 2.56. The molecule has 1 aromatic carbocycles. The van der Waals surface area contributed by atoms with Gasteiger partial charge in [-0.25, -0.2) is 9.36 Å². The van der Waals surface area contributed by atoms with Gasteiger partial charge >= 0.3 is 13.8 Å². The van der Waals surface area contributed by atoms with Gasteiger partial charge in [-0.1, -0.05) is 51.0 Å². The molecular weight excluding hydrogens is 479 g/mol. The maximum absolute atomic E-state index is 13.3. The fourth-order valence-corrected chi connectivity index (χ4v) is 5.80. The first kappa shape index (κ1) is 28.6. The highest BCUT2D eigenvalue weighted by Gasteiger charge is 2.58. The van der Waals surface area contributed by atoms with Gasteiger partial charge in [0.1, 0.15) is 11.5 Å². The van der Waals surface area contributed by atoms with Crippen molar-refractivity contribution in [2.75, 3.05) is 6.61 Å². The fraction of sp³-hybridized carbons (Fsp3) is 0.607. The fourth-order valence-electron chi connectivity index (χ4n) is 4.72. The summed E-state index contributed by atoms with van der Waals surface area (Å²) in [4.78, 5) is 23.5. The van der Waals surface area contributed by atoms with Crippen LogP contribution in [-0.4, -0.2) is 28.2 Å². The number of hydrogen-bond acceptors (Lipinski definition) is 6. The maximum Gasteiger partial charge on any atom is 0.473 e. The molecule has 0 radical (unpaired) electrons. The second-order valence-electron chi connectivity index (χ2n) is 10.8. The first-order valence-corrected chi connectivity index (χ1v) is 14.5. The summed E-state index contributed by atoms with van der Waals surface area (Å²) >= 11 is 0. The number of rotatable bonds is 12. The molecule has 0 spiro atoms. The van der Waals surface area contributed by atoms with Crippen molar-refractivity contribution in [2.45, 2.75) is 91.1 Å². The van der Waals surface area contributed by atoms with E-state index in [1.165, 1.54) is 5.57 Å². The number of phosphoric ester groups is 1. The molecule has 2 aliphatic carbocycles. The Bertz CT molecular complexity index is 1050. The SMILES string of the molecule is C=C(C)[C@@H]1CCC(C)=C[C@H]1c1c(O)cc(CCC)cc1OC(=O)C1(OP(=O)(O)OCCC(C)C)CC1. The normalized spacial score (nSPS) is 22.6. The minimum atomic E-state index is -4.44. The maximum atomic E-state index is 13.3. The molecule has 0 aliphatic heterocycles. The van der Waals surface area contributed by atoms with E-state index >= 15 is 0 Å². The average Bonchev–Trinajstić information content (AvgIpc) is 3.53. The molecule has 1 aromatic rings. The van der Waals surface area contributed by atoms with Crippen molar-refractivity contribution in [3.8, 4) is 11.5 Å². The number of aryl methyl sites for hydroxylation is 1. The van der Waals surface area contributed by atoms with Crippen LogP contribution in [0, 0.1) is 11.8 Å². The van der Waals surface area contributed by atoms with Crippen LogP contribution in [0.1, 0.15) is 90.2 Å². The second-order valence-corrected chi connectivity index (χ2v) is 12.1. The molecule has 0 aromatic heterocycles. The van der Waals surface area contributed by atoms with Crippen LogP contribution < -0.4 is 4.74 Å². The summed E-state index contributed by atoms with van der Waals surface area (Å²) in [6, 6.07) is 3.52. The third kappa shape index (κ3) is 7.10. The summed E-state index contributed by atoms with van der Waals surface area (Å²) in [7, 11) is -4.44. The molecule has 7 nitrogen and oxygen atoms in total. The molecule has 200 valence electrons. The molecule has 1 fully saturated rings. The van der Waals surface area contributed by atoms with Gasteiger partial charge in [0.2, 0.25) is 0 Å². The molecule has 0 saturated heterocycles. The Labute approximate surface area is 215 Å². The Morgan fingerprint density at radius 2 is 2.00 bits per heavy atom. The zero-order chi connectivity index (χ0) is 26.7. The molecule has 8 heteroatoms. The van der Waals surface area contributed by atoms with Crippen molar-refractivity contribution < 1.29 is 33.1 Å². The lowest BCUT2D eigenvalue weighted by molar-refractivity contribution is -0.145. The van der Waals surface area contributed by atoms with E-state index < -0.39 is 19.4 Å². The molecule has 36 heavy (non-hydrogen) atoms. The van der Waals surface area contributed by atoms with Crippen molar-refractivity contribution >= 4 is 13.8 Å². The van der Waals surface area contributed by atoms with E-state index in [0.717, 1.165) is 30.4 Å². The molecule has 0 heterocycles. The molecule has 2 N–H and O–H groups in total. The average molecular weight is 521 g/mol. The lowest BCUT2D eigenvalue weighted by Crippen LogP contribution is -2.31. The van der Waals surface area contributed by atoms with Gasteiger partial charge < -0.3 is 14.7 Å². The monoisotopic (exact) mass is 520 g/mol. The number of phosphoric acid groups is 1. The minimum Gasteiger partial charge on any atom is -0.507 e. The van der Waals surface area contributed by atoms with Gasteiger partial charge in [-0.3, -0.25) is 9.05 Å². The third-order valence-electron chi connectivity index (χ3n) is 6.95. The third-order valence-corrected chi connectivity index (χ3v) is 8.04. The molecule has 3 rings (SSSR count). The smallest absolute Gasteiger partial charge is 0.473 e. The molecule has 2 aliphatic rings. The molecule has 0 bridgehead atoms. The Morgan fingerprint density at radius 3 is 2.58 bits per heavy atom. The lowest BCUT2D eigenvalue weighted by atomic mass is 9.73. The summed E-state index contributed by atoms with van der Waals surface area (Å²) in [6.07, 6.45) is 6.63. The summed E-state index contributed by atoms with van der Waals surface area (Å²) in [5.41, 5.74) is 2.06. The number of carbonyl (C=O) groups is 1. The van der Waals surface area contributed by atoms with Crippen LogP contribution in [0.5, 0.6) is 11.5 Å². The van der Waals surface area contributed by atoms with Crippen LogP contribution in [-0.2, 0) is 24.8 Å². The van der Waals surface area contributed by atoms with Crippen LogP contribution in [0.2, 0.25) is 0 Å². The van der Waals surface area contributed by atoms with E-state index in [1.807, 2.05) is 27.7 Å². The van der Waals surface area contributed by atoms with E-state index in [2.05, 4.69) is 19.6 Å². The number of ether oxygens (including phenoxy) is 1. The topological polar surface area (TPSA) is 102 Å². The first-order chi connectivity index (χ1) is 16.9. The number of phenolic OH excluding ortho intramolecular Hbond substituents is 1. The quantitative estimate of drug-likeness (QED) is 0.133. The summed E-state index contributed by atoms with van der Waals surface area (Å²) in [6.45, 7) is 14.2. The zero-order valence-corrected chi connectivity index (χ0v) is 23.1. The molecule has 1 saturated carbocycles. The predicted octanol–water partition coefficient (Wildman–Crippen LogP) is 6.98. The van der Waals surface area contributed by atoms with E-state index in [1.54, 1.807) is 12.1 Å². The number of benzene rings is 1. The van der Waals surface area contributed by atoms with Gasteiger partial charge in [0.05, 0.1) is 6.61 Å². The summed E-state index contributed by atoms with van der Waals surface area (Å²) in [5, 5.41) is 11.1.